The molecule has 0 amide bonds. The molecule has 0 aliphatic heterocycles. The van der Waals surface area contributed by atoms with Crippen LogP contribution >= 0.6 is 0 Å². The van der Waals surface area contributed by atoms with E-state index in [-0.39, 0.29) is 11.7 Å². The highest BCUT2D eigenvalue weighted by Crippen LogP contribution is 1.96. The van der Waals surface area contributed by atoms with Crippen LogP contribution in [0.2, 0.25) is 0 Å². The fourth-order valence-corrected chi connectivity index (χ4v) is 1.83. The van der Waals surface area contributed by atoms with Crippen LogP contribution in [0.3, 0.4) is 0 Å². The fraction of sp³-hybridized carbons (Fsp3) is 0.875. The van der Waals surface area contributed by atoms with Gasteiger partial charge in [-0.2, -0.15) is 0 Å². The minimum atomic E-state index is -1.03. The predicted octanol–water partition coefficient (Wildman–Crippen LogP) is 1.10. The molecule has 0 bridgehead atoms. The average molecular weight is 192 g/mol. The zero-order valence-electron chi connectivity index (χ0n) is 7.67. The topological polar surface area (TPSA) is 43.4 Å². The monoisotopic (exact) mass is 192 g/mol. The molecular formula is C8H16O3S. The van der Waals surface area contributed by atoms with Crippen molar-refractivity contribution in [2.45, 2.75) is 26.2 Å². The average Bonchev–Trinajstić information content (AvgIpc) is 2.05. The normalized spacial score (nSPS) is 12.5. The lowest BCUT2D eigenvalue weighted by molar-refractivity contribution is -0.137. The molecule has 0 aromatic heterocycles. The quantitative estimate of drug-likeness (QED) is 0.467. The van der Waals surface area contributed by atoms with Gasteiger partial charge in [-0.25, -0.2) is 0 Å². The second-order valence-electron chi connectivity index (χ2n) is 2.57. The molecule has 4 heteroatoms. The Morgan fingerprint density at radius 3 is 2.58 bits per heavy atom. The van der Waals surface area contributed by atoms with Crippen LogP contribution in [-0.2, 0) is 20.3 Å². The number of unbranched alkanes of at least 4 members (excludes halogenated alkanes) is 2. The molecule has 0 heterocycles. The SMILES string of the molecule is CCCCCS(=O)CC(=O)OC. The van der Waals surface area contributed by atoms with E-state index in [2.05, 4.69) is 11.7 Å². The number of hydrogen-bond donors (Lipinski definition) is 0. The van der Waals surface area contributed by atoms with Gasteiger partial charge in [0, 0.05) is 16.6 Å². The van der Waals surface area contributed by atoms with Gasteiger partial charge in [-0.3, -0.25) is 9.00 Å². The van der Waals surface area contributed by atoms with Crippen LogP contribution in [0.5, 0.6) is 0 Å². The summed E-state index contributed by atoms with van der Waals surface area (Å²) >= 11 is 0. The Morgan fingerprint density at radius 2 is 2.08 bits per heavy atom. The molecule has 1 atom stereocenters. The summed E-state index contributed by atoms with van der Waals surface area (Å²) in [6.07, 6.45) is 3.11. The summed E-state index contributed by atoms with van der Waals surface area (Å²) < 4.78 is 15.5. The van der Waals surface area contributed by atoms with Crippen molar-refractivity contribution in [2.75, 3.05) is 18.6 Å². The van der Waals surface area contributed by atoms with Gasteiger partial charge in [-0.15, -0.1) is 0 Å². The molecule has 0 aromatic rings. The van der Waals surface area contributed by atoms with Crippen LogP contribution in [0, 0.1) is 0 Å². The molecule has 0 aromatic carbocycles. The molecule has 1 unspecified atom stereocenters. The van der Waals surface area contributed by atoms with Gasteiger partial charge in [0.15, 0.2) is 0 Å². The van der Waals surface area contributed by atoms with Crippen LogP contribution < -0.4 is 0 Å². The third-order valence-corrected chi connectivity index (χ3v) is 2.78. The van der Waals surface area contributed by atoms with E-state index in [0.29, 0.717) is 5.75 Å². The number of rotatable bonds is 6. The summed E-state index contributed by atoms with van der Waals surface area (Å²) in [5, 5.41) is 0. The number of carbonyl (C=O) groups excluding carboxylic acids is 1. The van der Waals surface area contributed by atoms with Crippen LogP contribution in [-0.4, -0.2) is 28.8 Å². The first-order valence-corrected chi connectivity index (χ1v) is 5.61. The van der Waals surface area contributed by atoms with E-state index < -0.39 is 10.8 Å². The van der Waals surface area contributed by atoms with E-state index in [0.717, 1.165) is 19.3 Å². The van der Waals surface area contributed by atoms with Gasteiger partial charge in [0.05, 0.1) is 7.11 Å². The van der Waals surface area contributed by atoms with E-state index in [4.69, 9.17) is 0 Å². The Hall–Kier alpha value is -0.380. The summed E-state index contributed by atoms with van der Waals surface area (Å²) in [6, 6.07) is 0. The molecule has 0 aliphatic rings. The van der Waals surface area contributed by atoms with Gasteiger partial charge in [-0.05, 0) is 6.42 Å². The molecule has 0 spiro atoms. The van der Waals surface area contributed by atoms with Crippen molar-refractivity contribution >= 4 is 16.8 Å². The lowest BCUT2D eigenvalue weighted by atomic mass is 10.3. The molecular weight excluding hydrogens is 176 g/mol. The molecule has 0 saturated heterocycles. The van der Waals surface area contributed by atoms with Gasteiger partial charge < -0.3 is 4.74 Å². The molecule has 12 heavy (non-hydrogen) atoms. The first-order valence-electron chi connectivity index (χ1n) is 4.12. The number of methoxy groups -OCH3 is 1. The van der Waals surface area contributed by atoms with Crippen molar-refractivity contribution in [3.63, 3.8) is 0 Å². The zero-order valence-corrected chi connectivity index (χ0v) is 8.49. The molecule has 0 radical (unpaired) electrons. The number of hydrogen-bond acceptors (Lipinski definition) is 3. The maximum atomic E-state index is 11.1. The maximum absolute atomic E-state index is 11.1. The fourth-order valence-electron chi connectivity index (χ4n) is 0.776. The Morgan fingerprint density at radius 1 is 1.42 bits per heavy atom. The van der Waals surface area contributed by atoms with Crippen molar-refractivity contribution in [3.8, 4) is 0 Å². The highest BCUT2D eigenvalue weighted by Gasteiger charge is 2.06. The highest BCUT2D eigenvalue weighted by atomic mass is 32.2. The molecule has 0 aliphatic carbocycles. The van der Waals surface area contributed by atoms with Crippen molar-refractivity contribution in [3.05, 3.63) is 0 Å². The second kappa shape index (κ2) is 7.28. The Balaban J connectivity index is 3.40. The Bertz CT molecular complexity index is 156. The lowest BCUT2D eigenvalue weighted by Gasteiger charge is -1.99. The number of ether oxygens (including phenoxy) is 1. The third-order valence-electron chi connectivity index (χ3n) is 1.48. The van der Waals surface area contributed by atoms with Crippen LogP contribution in [0.4, 0.5) is 0 Å². The minimum absolute atomic E-state index is 0.0419. The summed E-state index contributed by atoms with van der Waals surface area (Å²) in [5.74, 6) is 0.271. The van der Waals surface area contributed by atoms with Gasteiger partial charge in [-0.1, -0.05) is 19.8 Å². The van der Waals surface area contributed by atoms with E-state index in [1.54, 1.807) is 0 Å². The standard InChI is InChI=1S/C8H16O3S/c1-3-4-5-6-12(10)7-8(9)11-2/h3-7H2,1-2H3. The highest BCUT2D eigenvalue weighted by molar-refractivity contribution is 7.85. The summed E-state index contributed by atoms with van der Waals surface area (Å²) in [7, 11) is 0.285. The van der Waals surface area contributed by atoms with Gasteiger partial charge >= 0.3 is 5.97 Å². The van der Waals surface area contributed by atoms with E-state index in [1.807, 2.05) is 0 Å². The van der Waals surface area contributed by atoms with Crippen molar-refractivity contribution < 1.29 is 13.7 Å². The van der Waals surface area contributed by atoms with E-state index in [1.165, 1.54) is 7.11 Å². The number of carbonyl (C=O) groups is 1. The smallest absolute Gasteiger partial charge is 0.318 e. The molecule has 0 saturated carbocycles. The largest absolute Gasteiger partial charge is 0.468 e. The van der Waals surface area contributed by atoms with Crippen molar-refractivity contribution in [1.82, 2.24) is 0 Å². The summed E-state index contributed by atoms with van der Waals surface area (Å²) in [6.45, 7) is 2.09. The first kappa shape index (κ1) is 11.6. The summed E-state index contributed by atoms with van der Waals surface area (Å²) in [4.78, 5) is 10.6. The van der Waals surface area contributed by atoms with Crippen LogP contribution in [0.15, 0.2) is 0 Å². The maximum Gasteiger partial charge on any atom is 0.318 e. The van der Waals surface area contributed by atoms with Gasteiger partial charge in [0.25, 0.3) is 0 Å². The summed E-state index contributed by atoms with van der Waals surface area (Å²) in [5.41, 5.74) is 0. The molecule has 0 N–H and O–H groups in total. The van der Waals surface area contributed by atoms with Crippen LogP contribution in [0.1, 0.15) is 26.2 Å². The third kappa shape index (κ3) is 6.34. The zero-order chi connectivity index (χ0) is 9.40. The van der Waals surface area contributed by atoms with Crippen LogP contribution in [0.25, 0.3) is 0 Å². The first-order chi connectivity index (χ1) is 5.70. The Kier molecular flexibility index (Phi) is 7.05. The van der Waals surface area contributed by atoms with Crippen molar-refractivity contribution in [2.24, 2.45) is 0 Å². The van der Waals surface area contributed by atoms with Gasteiger partial charge in [0.1, 0.15) is 5.75 Å². The van der Waals surface area contributed by atoms with E-state index >= 15 is 0 Å². The lowest BCUT2D eigenvalue weighted by Crippen LogP contribution is -2.14. The predicted molar refractivity (Wildman–Crippen MR) is 49.4 cm³/mol. The number of esters is 1. The minimum Gasteiger partial charge on any atom is -0.468 e. The Labute approximate surface area is 75.9 Å². The second-order valence-corrected chi connectivity index (χ2v) is 4.15. The molecule has 0 rings (SSSR count). The van der Waals surface area contributed by atoms with E-state index in [9.17, 15) is 9.00 Å². The molecule has 0 fully saturated rings. The molecule has 3 nitrogen and oxygen atoms in total. The van der Waals surface area contributed by atoms with Crippen molar-refractivity contribution in [1.29, 1.82) is 0 Å². The van der Waals surface area contributed by atoms with Gasteiger partial charge in [0.2, 0.25) is 0 Å². The molecule has 72 valence electrons.